The number of nitrogens with zero attached hydrogens (tertiary/aromatic N) is 2. The van der Waals surface area contributed by atoms with Crippen LogP contribution >= 0.6 is 0 Å². The molecule has 2 aromatic rings. The van der Waals surface area contributed by atoms with Crippen LogP contribution in [-0.2, 0) is 13.0 Å². The first-order valence-corrected chi connectivity index (χ1v) is 7.14. The van der Waals surface area contributed by atoms with Gasteiger partial charge in [0.1, 0.15) is 5.76 Å². The minimum Gasteiger partial charge on any atom is -0.361 e. The smallest absolute Gasteiger partial charge is 0.322 e. The lowest BCUT2D eigenvalue weighted by Gasteiger charge is -2.23. The molecule has 0 saturated carbocycles. The largest absolute Gasteiger partial charge is 0.361 e. The second-order valence-corrected chi connectivity index (χ2v) is 5.51. The summed E-state index contributed by atoms with van der Waals surface area (Å²) in [4.78, 5) is 14.3. The summed E-state index contributed by atoms with van der Waals surface area (Å²) in [5.41, 5.74) is 3.99. The van der Waals surface area contributed by atoms with E-state index in [4.69, 9.17) is 4.52 Å². The van der Waals surface area contributed by atoms with E-state index in [9.17, 15) is 4.79 Å². The van der Waals surface area contributed by atoms with Crippen molar-refractivity contribution >= 4 is 11.7 Å². The molecule has 0 spiro atoms. The van der Waals surface area contributed by atoms with Crippen molar-refractivity contribution < 1.29 is 9.32 Å². The molecule has 0 bridgehead atoms. The molecule has 1 aromatic heterocycles. The Morgan fingerprint density at radius 3 is 2.90 bits per heavy atom. The number of urea groups is 1. The number of nitrogens with one attached hydrogen (secondary N) is 1. The van der Waals surface area contributed by atoms with Gasteiger partial charge in [-0.3, -0.25) is 4.90 Å². The molecule has 110 valence electrons. The summed E-state index contributed by atoms with van der Waals surface area (Å²) in [6.45, 7) is 6.24. The first kappa shape index (κ1) is 13.7. The number of amides is 2. The number of anilines is 1. The Balaban J connectivity index is 1.74. The van der Waals surface area contributed by atoms with E-state index in [1.54, 1.807) is 0 Å². The molecule has 5 heteroatoms. The van der Waals surface area contributed by atoms with Gasteiger partial charge >= 0.3 is 6.03 Å². The van der Waals surface area contributed by atoms with E-state index >= 15 is 0 Å². The number of hydrogen-bond donors (Lipinski definition) is 1. The molecule has 3 rings (SSSR count). The van der Waals surface area contributed by atoms with Gasteiger partial charge in [0.25, 0.3) is 0 Å². The van der Waals surface area contributed by atoms with Crippen molar-refractivity contribution in [2.45, 2.75) is 39.8 Å². The van der Waals surface area contributed by atoms with Crippen molar-refractivity contribution in [1.82, 2.24) is 10.5 Å². The normalized spacial score (nSPS) is 16.9. The fourth-order valence-corrected chi connectivity index (χ4v) is 2.88. The van der Waals surface area contributed by atoms with Crippen LogP contribution in [0.25, 0.3) is 0 Å². The first-order chi connectivity index (χ1) is 10.1. The van der Waals surface area contributed by atoms with Gasteiger partial charge in [-0.25, -0.2) is 4.79 Å². The van der Waals surface area contributed by atoms with Gasteiger partial charge in [0.15, 0.2) is 0 Å². The molecule has 0 aliphatic carbocycles. The second-order valence-electron chi connectivity index (χ2n) is 5.51. The average Bonchev–Trinajstić information content (AvgIpc) is 2.96. The summed E-state index contributed by atoms with van der Waals surface area (Å²) >= 11 is 0. The van der Waals surface area contributed by atoms with Crippen LogP contribution in [0, 0.1) is 13.8 Å². The van der Waals surface area contributed by atoms with Gasteiger partial charge in [0.2, 0.25) is 0 Å². The Morgan fingerprint density at radius 1 is 1.43 bits per heavy atom. The third kappa shape index (κ3) is 2.39. The highest BCUT2D eigenvalue weighted by Crippen LogP contribution is 2.31. The minimum absolute atomic E-state index is 0.0764. The Labute approximate surface area is 123 Å². The van der Waals surface area contributed by atoms with Crippen molar-refractivity contribution in [3.63, 3.8) is 0 Å². The van der Waals surface area contributed by atoms with Crippen LogP contribution < -0.4 is 10.2 Å². The van der Waals surface area contributed by atoms with Gasteiger partial charge in [-0.2, -0.15) is 0 Å². The number of carbonyl (C=O) groups excluding carboxylic acids is 1. The highest BCUT2D eigenvalue weighted by Gasteiger charge is 2.30. The molecule has 1 aliphatic heterocycles. The number of para-hydroxylation sites is 1. The predicted octanol–water partition coefficient (Wildman–Crippen LogP) is 2.95. The predicted molar refractivity (Wildman–Crippen MR) is 80.3 cm³/mol. The van der Waals surface area contributed by atoms with Crippen LogP contribution in [0.4, 0.5) is 10.5 Å². The van der Waals surface area contributed by atoms with Crippen LogP contribution in [0.1, 0.15) is 29.5 Å². The van der Waals surface area contributed by atoms with Crippen LogP contribution in [-0.4, -0.2) is 17.2 Å². The molecule has 2 heterocycles. The summed E-state index contributed by atoms with van der Waals surface area (Å²) in [5.74, 6) is 0.752. The molecule has 2 amide bonds. The SMILES string of the molecule is Cc1noc(C)c1CNC(=O)N1c2ccccc2CC1C. The highest BCUT2D eigenvalue weighted by atomic mass is 16.5. The molecule has 5 nitrogen and oxygen atoms in total. The van der Waals surface area contributed by atoms with Gasteiger partial charge in [-0.05, 0) is 38.8 Å². The van der Waals surface area contributed by atoms with Crippen LogP contribution in [0.5, 0.6) is 0 Å². The lowest BCUT2D eigenvalue weighted by molar-refractivity contribution is 0.244. The maximum atomic E-state index is 12.5. The standard InChI is InChI=1S/C16H19N3O2/c1-10-8-13-6-4-5-7-15(13)19(10)16(20)17-9-14-11(2)18-21-12(14)3/h4-7,10H,8-9H2,1-3H3,(H,17,20). The summed E-state index contributed by atoms with van der Waals surface area (Å²) in [6, 6.07) is 8.14. The number of hydrogen-bond acceptors (Lipinski definition) is 3. The fourth-order valence-electron chi connectivity index (χ4n) is 2.88. The molecule has 1 aromatic carbocycles. The van der Waals surface area contributed by atoms with Crippen molar-refractivity contribution in [1.29, 1.82) is 0 Å². The maximum Gasteiger partial charge on any atom is 0.322 e. The molecule has 1 aliphatic rings. The van der Waals surface area contributed by atoms with E-state index in [1.165, 1.54) is 5.56 Å². The average molecular weight is 285 g/mol. The van der Waals surface area contributed by atoms with Gasteiger partial charge in [0, 0.05) is 23.8 Å². The molecular weight excluding hydrogens is 266 g/mol. The number of aromatic nitrogens is 1. The van der Waals surface area contributed by atoms with Crippen molar-refractivity contribution in [2.75, 3.05) is 4.90 Å². The molecule has 0 radical (unpaired) electrons. The van der Waals surface area contributed by atoms with E-state index in [0.29, 0.717) is 6.54 Å². The molecular formula is C16H19N3O2. The number of carbonyl (C=O) groups is 1. The third-order valence-corrected chi connectivity index (χ3v) is 4.02. The van der Waals surface area contributed by atoms with E-state index in [0.717, 1.165) is 29.1 Å². The fraction of sp³-hybridized carbons (Fsp3) is 0.375. The Bertz CT molecular complexity index is 658. The van der Waals surface area contributed by atoms with Crippen molar-refractivity contribution in [3.8, 4) is 0 Å². The van der Waals surface area contributed by atoms with Gasteiger partial charge < -0.3 is 9.84 Å². The highest BCUT2D eigenvalue weighted by molar-refractivity contribution is 5.94. The van der Waals surface area contributed by atoms with E-state index < -0.39 is 0 Å². The Kier molecular flexibility index (Phi) is 3.41. The number of aryl methyl sites for hydroxylation is 2. The third-order valence-electron chi connectivity index (χ3n) is 4.02. The number of fused-ring (bicyclic) bond motifs is 1. The van der Waals surface area contributed by atoms with E-state index in [-0.39, 0.29) is 12.1 Å². The zero-order chi connectivity index (χ0) is 15.0. The van der Waals surface area contributed by atoms with Gasteiger partial charge in [-0.15, -0.1) is 0 Å². The van der Waals surface area contributed by atoms with Crippen molar-refractivity contribution in [3.05, 3.63) is 46.8 Å². The first-order valence-electron chi connectivity index (χ1n) is 7.14. The zero-order valence-electron chi connectivity index (χ0n) is 12.5. The molecule has 1 atom stereocenters. The van der Waals surface area contributed by atoms with Crippen LogP contribution in [0.15, 0.2) is 28.8 Å². The topological polar surface area (TPSA) is 58.4 Å². The van der Waals surface area contributed by atoms with Gasteiger partial charge in [-0.1, -0.05) is 23.4 Å². The number of rotatable bonds is 2. The summed E-state index contributed by atoms with van der Waals surface area (Å²) in [6.07, 6.45) is 0.898. The van der Waals surface area contributed by atoms with E-state index in [1.807, 2.05) is 36.9 Å². The molecule has 0 fully saturated rings. The van der Waals surface area contributed by atoms with Crippen LogP contribution in [0.3, 0.4) is 0 Å². The van der Waals surface area contributed by atoms with Crippen LogP contribution in [0.2, 0.25) is 0 Å². The number of benzene rings is 1. The lowest BCUT2D eigenvalue weighted by atomic mass is 10.1. The molecule has 1 N–H and O–H groups in total. The summed E-state index contributed by atoms with van der Waals surface area (Å²) < 4.78 is 5.12. The Morgan fingerprint density at radius 2 is 2.19 bits per heavy atom. The molecule has 21 heavy (non-hydrogen) atoms. The van der Waals surface area contributed by atoms with Crippen molar-refractivity contribution in [2.24, 2.45) is 0 Å². The summed E-state index contributed by atoms with van der Waals surface area (Å²) in [5, 5.41) is 6.87. The monoisotopic (exact) mass is 285 g/mol. The lowest BCUT2D eigenvalue weighted by Crippen LogP contribution is -2.43. The van der Waals surface area contributed by atoms with Gasteiger partial charge in [0.05, 0.1) is 5.69 Å². The quantitative estimate of drug-likeness (QED) is 0.923. The molecule has 1 unspecified atom stereocenters. The zero-order valence-corrected chi connectivity index (χ0v) is 12.5. The Hall–Kier alpha value is -2.30. The molecule has 0 saturated heterocycles. The minimum atomic E-state index is -0.0764. The second kappa shape index (κ2) is 5.24. The summed E-state index contributed by atoms with van der Waals surface area (Å²) in [7, 11) is 0. The maximum absolute atomic E-state index is 12.5. The van der Waals surface area contributed by atoms with E-state index in [2.05, 4.69) is 23.5 Å².